The SMILES string of the molecule is CCC(C)NC(=O)C(CC)N(CCc1ccccc1)C(=O)CSCc1ccc(F)cc1. The summed E-state index contributed by atoms with van der Waals surface area (Å²) in [5.41, 5.74) is 2.10. The first kappa shape index (κ1) is 24.9. The molecule has 0 bridgehead atoms. The third-order valence-electron chi connectivity index (χ3n) is 5.28. The highest BCUT2D eigenvalue weighted by molar-refractivity contribution is 7.99. The molecule has 2 amide bonds. The summed E-state index contributed by atoms with van der Waals surface area (Å²) in [6.07, 6.45) is 2.10. The average Bonchev–Trinajstić information content (AvgIpc) is 2.78. The number of nitrogens with one attached hydrogen (secondary N) is 1. The number of rotatable bonds is 12. The van der Waals surface area contributed by atoms with Crippen LogP contribution in [0.15, 0.2) is 54.6 Å². The van der Waals surface area contributed by atoms with Gasteiger partial charge in [0.05, 0.1) is 5.75 Å². The number of carbonyl (C=O) groups is 2. The normalized spacial score (nSPS) is 12.8. The first-order valence-electron chi connectivity index (χ1n) is 10.9. The number of nitrogens with zero attached hydrogens (tertiary/aromatic N) is 1. The fourth-order valence-electron chi connectivity index (χ4n) is 3.26. The van der Waals surface area contributed by atoms with E-state index in [1.54, 1.807) is 17.0 Å². The van der Waals surface area contributed by atoms with Gasteiger partial charge in [0.15, 0.2) is 0 Å². The zero-order valence-corrected chi connectivity index (χ0v) is 19.5. The Morgan fingerprint density at radius 3 is 2.29 bits per heavy atom. The molecule has 0 aromatic heterocycles. The second-order valence-corrected chi connectivity index (χ2v) is 8.67. The highest BCUT2D eigenvalue weighted by atomic mass is 32.2. The van der Waals surface area contributed by atoms with Crippen molar-refractivity contribution in [3.05, 3.63) is 71.5 Å². The van der Waals surface area contributed by atoms with E-state index in [1.165, 1.54) is 23.9 Å². The molecule has 1 N–H and O–H groups in total. The van der Waals surface area contributed by atoms with E-state index in [1.807, 2.05) is 51.1 Å². The van der Waals surface area contributed by atoms with E-state index in [0.717, 1.165) is 17.5 Å². The Morgan fingerprint density at radius 1 is 1.00 bits per heavy atom. The van der Waals surface area contributed by atoms with E-state index < -0.39 is 6.04 Å². The monoisotopic (exact) mass is 444 g/mol. The van der Waals surface area contributed by atoms with Crippen LogP contribution in [0.1, 0.15) is 44.7 Å². The van der Waals surface area contributed by atoms with Gasteiger partial charge in [-0.2, -0.15) is 0 Å². The molecule has 0 saturated heterocycles. The molecule has 0 radical (unpaired) electrons. The average molecular weight is 445 g/mol. The number of carbonyl (C=O) groups excluding carboxylic acids is 2. The molecule has 31 heavy (non-hydrogen) atoms. The molecule has 2 rings (SSSR count). The molecule has 168 valence electrons. The first-order chi connectivity index (χ1) is 14.9. The van der Waals surface area contributed by atoms with E-state index in [-0.39, 0.29) is 29.4 Å². The summed E-state index contributed by atoms with van der Waals surface area (Å²) < 4.78 is 13.1. The maximum Gasteiger partial charge on any atom is 0.243 e. The fraction of sp³-hybridized carbons (Fsp3) is 0.440. The number of benzene rings is 2. The van der Waals surface area contributed by atoms with Gasteiger partial charge in [0.1, 0.15) is 11.9 Å². The summed E-state index contributed by atoms with van der Waals surface area (Å²) in [4.78, 5) is 27.7. The van der Waals surface area contributed by atoms with Crippen molar-refractivity contribution < 1.29 is 14.0 Å². The van der Waals surface area contributed by atoms with Crippen molar-refractivity contribution in [3.63, 3.8) is 0 Å². The summed E-state index contributed by atoms with van der Waals surface area (Å²) in [5.74, 6) is 0.485. The van der Waals surface area contributed by atoms with E-state index in [2.05, 4.69) is 5.32 Å². The molecule has 4 nitrogen and oxygen atoms in total. The van der Waals surface area contributed by atoms with Crippen molar-refractivity contribution >= 4 is 23.6 Å². The Balaban J connectivity index is 2.05. The van der Waals surface area contributed by atoms with Crippen LogP contribution in [-0.2, 0) is 21.8 Å². The maximum atomic E-state index is 13.1. The topological polar surface area (TPSA) is 49.4 Å². The molecule has 2 aromatic carbocycles. The Labute approximate surface area is 189 Å². The Kier molecular flexibility index (Phi) is 10.6. The largest absolute Gasteiger partial charge is 0.352 e. The molecule has 0 fully saturated rings. The van der Waals surface area contributed by atoms with Gasteiger partial charge in [-0.15, -0.1) is 11.8 Å². The maximum absolute atomic E-state index is 13.1. The highest BCUT2D eigenvalue weighted by Crippen LogP contribution is 2.16. The van der Waals surface area contributed by atoms with Gasteiger partial charge in [-0.05, 0) is 49.4 Å². The second kappa shape index (κ2) is 13.2. The van der Waals surface area contributed by atoms with Crippen LogP contribution >= 0.6 is 11.8 Å². The number of hydrogen-bond acceptors (Lipinski definition) is 3. The van der Waals surface area contributed by atoms with Crippen LogP contribution in [0.25, 0.3) is 0 Å². The summed E-state index contributed by atoms with van der Waals surface area (Å²) >= 11 is 1.48. The van der Waals surface area contributed by atoms with Gasteiger partial charge >= 0.3 is 0 Å². The van der Waals surface area contributed by atoms with Gasteiger partial charge in [0, 0.05) is 18.3 Å². The number of hydrogen-bond donors (Lipinski definition) is 1. The van der Waals surface area contributed by atoms with Crippen molar-refractivity contribution in [2.75, 3.05) is 12.3 Å². The standard InChI is InChI=1S/C25H33FN2O2S/c1-4-19(3)27-25(30)23(5-2)28(16-15-20-9-7-6-8-10-20)24(29)18-31-17-21-11-13-22(26)14-12-21/h6-14,19,23H,4-5,15-18H2,1-3H3,(H,27,30). The smallest absolute Gasteiger partial charge is 0.243 e. The summed E-state index contributed by atoms with van der Waals surface area (Å²) in [7, 11) is 0. The van der Waals surface area contributed by atoms with Crippen LogP contribution in [0, 0.1) is 5.82 Å². The van der Waals surface area contributed by atoms with Crippen molar-refractivity contribution in [1.82, 2.24) is 10.2 Å². The lowest BCUT2D eigenvalue weighted by Crippen LogP contribution is -2.52. The number of amides is 2. The lowest BCUT2D eigenvalue weighted by Gasteiger charge is -2.31. The summed E-state index contributed by atoms with van der Waals surface area (Å²) in [6.45, 7) is 6.43. The van der Waals surface area contributed by atoms with Gasteiger partial charge in [-0.1, -0.05) is 56.3 Å². The Bertz CT molecular complexity index is 814. The van der Waals surface area contributed by atoms with Crippen LogP contribution in [0.5, 0.6) is 0 Å². The molecule has 2 aromatic rings. The van der Waals surface area contributed by atoms with Gasteiger partial charge in [-0.3, -0.25) is 9.59 Å². The lowest BCUT2D eigenvalue weighted by molar-refractivity contribution is -0.139. The molecule has 2 atom stereocenters. The third-order valence-corrected chi connectivity index (χ3v) is 6.27. The summed E-state index contributed by atoms with van der Waals surface area (Å²) in [5, 5.41) is 3.03. The molecule has 0 saturated carbocycles. The molecule has 0 heterocycles. The third kappa shape index (κ3) is 8.37. The van der Waals surface area contributed by atoms with Crippen LogP contribution in [0.2, 0.25) is 0 Å². The minimum Gasteiger partial charge on any atom is -0.352 e. The first-order valence-corrected chi connectivity index (χ1v) is 12.1. The van der Waals surface area contributed by atoms with Crippen molar-refractivity contribution in [1.29, 1.82) is 0 Å². The van der Waals surface area contributed by atoms with E-state index in [9.17, 15) is 14.0 Å². The van der Waals surface area contributed by atoms with Crippen LogP contribution in [-0.4, -0.2) is 41.1 Å². The predicted octanol–water partition coefficient (Wildman–Crippen LogP) is 4.82. The van der Waals surface area contributed by atoms with Crippen molar-refractivity contribution in [3.8, 4) is 0 Å². The molecule has 0 aliphatic rings. The fourth-order valence-corrected chi connectivity index (χ4v) is 4.13. The zero-order valence-electron chi connectivity index (χ0n) is 18.6. The molecule has 0 aliphatic heterocycles. The molecule has 2 unspecified atom stereocenters. The number of thioether (sulfide) groups is 1. The minimum atomic E-state index is -0.489. The Morgan fingerprint density at radius 2 is 1.68 bits per heavy atom. The molecular weight excluding hydrogens is 411 g/mol. The van der Waals surface area contributed by atoms with Crippen LogP contribution in [0.3, 0.4) is 0 Å². The molecular formula is C25H33FN2O2S. The van der Waals surface area contributed by atoms with Crippen LogP contribution < -0.4 is 5.32 Å². The molecule has 0 spiro atoms. The Hall–Kier alpha value is -2.34. The van der Waals surface area contributed by atoms with Gasteiger partial charge < -0.3 is 10.2 Å². The number of halogens is 1. The quantitative estimate of drug-likeness (QED) is 0.510. The van der Waals surface area contributed by atoms with E-state index in [4.69, 9.17) is 0 Å². The van der Waals surface area contributed by atoms with Crippen molar-refractivity contribution in [2.24, 2.45) is 0 Å². The van der Waals surface area contributed by atoms with E-state index >= 15 is 0 Å². The lowest BCUT2D eigenvalue weighted by atomic mass is 10.1. The van der Waals surface area contributed by atoms with Gasteiger partial charge in [0.25, 0.3) is 0 Å². The molecule has 6 heteroatoms. The van der Waals surface area contributed by atoms with Gasteiger partial charge in [0.2, 0.25) is 11.8 Å². The van der Waals surface area contributed by atoms with Gasteiger partial charge in [-0.25, -0.2) is 4.39 Å². The predicted molar refractivity (Wildman–Crippen MR) is 126 cm³/mol. The highest BCUT2D eigenvalue weighted by Gasteiger charge is 2.28. The minimum absolute atomic E-state index is 0.0470. The van der Waals surface area contributed by atoms with Crippen LogP contribution in [0.4, 0.5) is 4.39 Å². The van der Waals surface area contributed by atoms with Crippen molar-refractivity contribution in [2.45, 2.75) is 57.9 Å². The molecule has 0 aliphatic carbocycles. The zero-order chi connectivity index (χ0) is 22.6. The summed E-state index contributed by atoms with van der Waals surface area (Å²) in [6, 6.07) is 15.9. The van der Waals surface area contributed by atoms with E-state index in [0.29, 0.717) is 25.1 Å². The second-order valence-electron chi connectivity index (χ2n) is 7.68.